The van der Waals surface area contributed by atoms with Crippen molar-refractivity contribution in [2.75, 3.05) is 0 Å². The Hall–Kier alpha value is -1.65. The number of hydrogen-bond donors (Lipinski definition) is 1. The van der Waals surface area contributed by atoms with Crippen molar-refractivity contribution in [3.05, 3.63) is 32.6 Å². The highest BCUT2D eigenvalue weighted by Gasteiger charge is 2.39. The van der Waals surface area contributed by atoms with E-state index in [9.17, 15) is 14.4 Å². The normalized spacial score (nSPS) is 24.6. The molecule has 1 aliphatic rings. The standard InChI is InChI=1S/C9H10N2O3/c1-5-3-11(7-2-6(7)4-12)9(14)10-8(5)13/h3-4,6-7H,2H2,1H3,(H,10,13,14)/t6-,7-/m0/s1. The van der Waals surface area contributed by atoms with Gasteiger partial charge in [0, 0.05) is 23.7 Å². The Morgan fingerprint density at radius 2 is 2.29 bits per heavy atom. The molecule has 0 unspecified atom stereocenters. The van der Waals surface area contributed by atoms with Crippen molar-refractivity contribution in [1.82, 2.24) is 9.55 Å². The van der Waals surface area contributed by atoms with E-state index in [1.54, 1.807) is 6.92 Å². The molecule has 0 bridgehead atoms. The Morgan fingerprint density at radius 3 is 2.86 bits per heavy atom. The summed E-state index contributed by atoms with van der Waals surface area (Å²) in [6.07, 6.45) is 3.04. The number of carbonyl (C=O) groups excluding carboxylic acids is 1. The fourth-order valence-electron chi connectivity index (χ4n) is 1.50. The molecule has 0 saturated heterocycles. The molecule has 0 aliphatic heterocycles. The van der Waals surface area contributed by atoms with Crippen molar-refractivity contribution >= 4 is 6.29 Å². The van der Waals surface area contributed by atoms with Crippen LogP contribution in [0.1, 0.15) is 18.0 Å². The molecule has 1 fully saturated rings. The molecule has 2 atom stereocenters. The molecule has 0 spiro atoms. The van der Waals surface area contributed by atoms with Crippen molar-refractivity contribution < 1.29 is 4.79 Å². The minimum atomic E-state index is -0.435. The molecular weight excluding hydrogens is 184 g/mol. The molecule has 1 N–H and O–H groups in total. The molecule has 1 aliphatic carbocycles. The fourth-order valence-corrected chi connectivity index (χ4v) is 1.50. The van der Waals surface area contributed by atoms with Gasteiger partial charge in [-0.2, -0.15) is 0 Å². The zero-order valence-electron chi connectivity index (χ0n) is 7.69. The zero-order valence-corrected chi connectivity index (χ0v) is 7.69. The van der Waals surface area contributed by atoms with Gasteiger partial charge in [-0.15, -0.1) is 0 Å². The molecular formula is C9H10N2O3. The summed E-state index contributed by atoms with van der Waals surface area (Å²) in [7, 11) is 0. The highest BCUT2D eigenvalue weighted by Crippen LogP contribution is 2.40. The average Bonchev–Trinajstić information content (AvgIpc) is 2.90. The van der Waals surface area contributed by atoms with E-state index in [1.807, 2.05) is 0 Å². The first-order valence-corrected chi connectivity index (χ1v) is 4.41. The smallest absolute Gasteiger partial charge is 0.303 e. The highest BCUT2D eigenvalue weighted by molar-refractivity contribution is 5.58. The van der Waals surface area contributed by atoms with Gasteiger partial charge in [0.05, 0.1) is 0 Å². The summed E-state index contributed by atoms with van der Waals surface area (Å²) >= 11 is 0. The van der Waals surface area contributed by atoms with Gasteiger partial charge in [-0.25, -0.2) is 4.79 Å². The largest absolute Gasteiger partial charge is 0.328 e. The second kappa shape index (κ2) is 2.94. The van der Waals surface area contributed by atoms with Gasteiger partial charge in [0.25, 0.3) is 5.56 Å². The molecule has 5 heteroatoms. The van der Waals surface area contributed by atoms with Crippen molar-refractivity contribution in [1.29, 1.82) is 0 Å². The Balaban J connectivity index is 2.45. The summed E-state index contributed by atoms with van der Waals surface area (Å²) in [5, 5.41) is 0. The topological polar surface area (TPSA) is 71.9 Å². The Kier molecular flexibility index (Phi) is 1.87. The third-order valence-corrected chi connectivity index (χ3v) is 2.48. The zero-order chi connectivity index (χ0) is 10.3. The van der Waals surface area contributed by atoms with E-state index in [2.05, 4.69) is 4.98 Å². The van der Waals surface area contributed by atoms with Gasteiger partial charge < -0.3 is 4.79 Å². The van der Waals surface area contributed by atoms with Crippen LogP contribution < -0.4 is 11.2 Å². The van der Waals surface area contributed by atoms with Crippen LogP contribution in [-0.2, 0) is 4.79 Å². The Bertz CT molecular complexity index is 486. The van der Waals surface area contributed by atoms with Crippen molar-refractivity contribution in [2.24, 2.45) is 5.92 Å². The number of aldehydes is 1. The van der Waals surface area contributed by atoms with Crippen LogP contribution in [0.5, 0.6) is 0 Å². The second-order valence-electron chi connectivity index (χ2n) is 3.58. The number of nitrogens with one attached hydrogen (secondary N) is 1. The van der Waals surface area contributed by atoms with Crippen molar-refractivity contribution in [3.63, 3.8) is 0 Å². The van der Waals surface area contributed by atoms with E-state index in [0.29, 0.717) is 12.0 Å². The lowest BCUT2D eigenvalue weighted by atomic mass is 10.4. The lowest BCUT2D eigenvalue weighted by molar-refractivity contribution is -0.109. The molecule has 14 heavy (non-hydrogen) atoms. The maximum Gasteiger partial charge on any atom is 0.328 e. The van der Waals surface area contributed by atoms with Crippen LogP contribution in [0.25, 0.3) is 0 Å². The molecule has 1 aromatic rings. The molecule has 2 rings (SSSR count). The van der Waals surface area contributed by atoms with Gasteiger partial charge in [-0.3, -0.25) is 14.3 Å². The minimum Gasteiger partial charge on any atom is -0.303 e. The number of aromatic amines is 1. The summed E-state index contributed by atoms with van der Waals surface area (Å²) in [5.74, 6) is -0.0713. The number of carbonyl (C=O) groups is 1. The van der Waals surface area contributed by atoms with Crippen LogP contribution >= 0.6 is 0 Å². The summed E-state index contributed by atoms with van der Waals surface area (Å²) in [4.78, 5) is 35.0. The van der Waals surface area contributed by atoms with Crippen molar-refractivity contribution in [3.8, 4) is 0 Å². The average molecular weight is 194 g/mol. The van der Waals surface area contributed by atoms with Gasteiger partial charge in [0.2, 0.25) is 0 Å². The number of hydrogen-bond acceptors (Lipinski definition) is 3. The monoisotopic (exact) mass is 194 g/mol. The molecule has 5 nitrogen and oxygen atoms in total. The summed E-state index contributed by atoms with van der Waals surface area (Å²) in [6, 6.07) is -0.0597. The first kappa shape index (κ1) is 8.93. The Labute approximate surface area is 79.4 Å². The lowest BCUT2D eigenvalue weighted by Gasteiger charge is -2.02. The minimum absolute atomic E-state index is 0.0597. The number of rotatable bonds is 2. The maximum atomic E-state index is 11.3. The first-order chi connectivity index (χ1) is 6.63. The molecule has 1 heterocycles. The van der Waals surface area contributed by atoms with Crippen LogP contribution in [-0.4, -0.2) is 15.8 Å². The number of nitrogens with zero attached hydrogens (tertiary/aromatic N) is 1. The summed E-state index contributed by atoms with van der Waals surface area (Å²) in [6.45, 7) is 1.63. The second-order valence-corrected chi connectivity index (χ2v) is 3.58. The predicted molar refractivity (Wildman–Crippen MR) is 49.3 cm³/mol. The van der Waals surface area contributed by atoms with Crippen LogP contribution in [0.4, 0.5) is 0 Å². The summed E-state index contributed by atoms with van der Waals surface area (Å²) < 4.78 is 1.43. The van der Waals surface area contributed by atoms with E-state index in [-0.39, 0.29) is 17.5 Å². The number of H-pyrrole nitrogens is 1. The summed E-state index contributed by atoms with van der Waals surface area (Å²) in [5.41, 5.74) is -0.314. The maximum absolute atomic E-state index is 11.3. The van der Waals surface area contributed by atoms with Gasteiger partial charge in [-0.1, -0.05) is 0 Å². The van der Waals surface area contributed by atoms with Gasteiger partial charge in [-0.05, 0) is 13.3 Å². The molecule has 1 aromatic heterocycles. The lowest BCUT2D eigenvalue weighted by Crippen LogP contribution is -2.30. The third-order valence-electron chi connectivity index (χ3n) is 2.48. The SMILES string of the molecule is Cc1cn([C@H]2C[C@H]2C=O)c(=O)[nH]c1=O. The number of aryl methyl sites for hydroxylation is 1. The van der Waals surface area contributed by atoms with Crippen LogP contribution in [0.3, 0.4) is 0 Å². The van der Waals surface area contributed by atoms with Gasteiger partial charge >= 0.3 is 5.69 Å². The fraction of sp³-hybridized carbons (Fsp3) is 0.444. The highest BCUT2D eigenvalue weighted by atomic mass is 16.2. The molecule has 74 valence electrons. The molecule has 1 saturated carbocycles. The first-order valence-electron chi connectivity index (χ1n) is 4.41. The molecule has 0 aromatic carbocycles. The van der Waals surface area contributed by atoms with Crippen LogP contribution in [0, 0.1) is 12.8 Å². The van der Waals surface area contributed by atoms with E-state index >= 15 is 0 Å². The van der Waals surface area contributed by atoms with Gasteiger partial charge in [0.15, 0.2) is 0 Å². The van der Waals surface area contributed by atoms with Gasteiger partial charge in [0.1, 0.15) is 6.29 Å². The van der Waals surface area contributed by atoms with E-state index in [4.69, 9.17) is 0 Å². The third kappa shape index (κ3) is 1.30. The van der Waals surface area contributed by atoms with E-state index in [0.717, 1.165) is 6.29 Å². The van der Waals surface area contributed by atoms with E-state index in [1.165, 1.54) is 10.8 Å². The molecule has 0 radical (unpaired) electrons. The Morgan fingerprint density at radius 1 is 1.57 bits per heavy atom. The quantitative estimate of drug-likeness (QED) is 0.651. The number of aromatic nitrogens is 2. The molecule has 0 amide bonds. The van der Waals surface area contributed by atoms with Crippen LogP contribution in [0.2, 0.25) is 0 Å². The van der Waals surface area contributed by atoms with E-state index < -0.39 is 5.69 Å². The van der Waals surface area contributed by atoms with Crippen LogP contribution in [0.15, 0.2) is 15.8 Å². The van der Waals surface area contributed by atoms with Crippen molar-refractivity contribution in [2.45, 2.75) is 19.4 Å². The predicted octanol–water partition coefficient (Wildman–Crippen LogP) is -0.395.